The van der Waals surface area contributed by atoms with Gasteiger partial charge < -0.3 is 4.74 Å². The van der Waals surface area contributed by atoms with Crippen molar-refractivity contribution in [2.45, 2.75) is 0 Å². The van der Waals surface area contributed by atoms with Crippen molar-refractivity contribution < 1.29 is 4.74 Å². The maximum Gasteiger partial charge on any atom is 0.159 e. The summed E-state index contributed by atoms with van der Waals surface area (Å²) in [6.07, 6.45) is 3.43. The third kappa shape index (κ3) is 2.24. The highest BCUT2D eigenvalue weighted by Gasteiger charge is 2.10. The van der Waals surface area contributed by atoms with Gasteiger partial charge in [0.1, 0.15) is 18.0 Å². The van der Waals surface area contributed by atoms with E-state index in [4.69, 9.17) is 4.74 Å². The number of hydrogen-bond acceptors (Lipinski definition) is 5. The lowest BCUT2D eigenvalue weighted by Gasteiger charge is -2.19. The molecule has 0 radical (unpaired) electrons. The number of aromatic nitrogens is 1. The first-order valence-electron chi connectivity index (χ1n) is 5.63. The molecular weight excluding hydrogens is 228 g/mol. The van der Waals surface area contributed by atoms with Gasteiger partial charge in [-0.25, -0.2) is 4.99 Å². The Morgan fingerprint density at radius 1 is 1.06 bits per heavy atom. The van der Waals surface area contributed by atoms with Crippen LogP contribution in [0.1, 0.15) is 0 Å². The molecule has 1 aliphatic rings. The zero-order chi connectivity index (χ0) is 12.2. The first kappa shape index (κ1) is 10.6. The number of rotatable bonds is 3. The van der Waals surface area contributed by atoms with Gasteiger partial charge in [0.2, 0.25) is 0 Å². The molecule has 18 heavy (non-hydrogen) atoms. The van der Waals surface area contributed by atoms with Crippen LogP contribution in [0.25, 0.3) is 0 Å². The Balaban J connectivity index is 1.70. The van der Waals surface area contributed by atoms with Gasteiger partial charge >= 0.3 is 0 Å². The van der Waals surface area contributed by atoms with Gasteiger partial charge in [-0.05, 0) is 18.2 Å². The second-order valence-electron chi connectivity index (χ2n) is 3.80. The summed E-state index contributed by atoms with van der Waals surface area (Å²) in [6.45, 7) is 0.380. The maximum atomic E-state index is 5.61. The molecule has 2 aromatic rings. The van der Waals surface area contributed by atoms with Crippen molar-refractivity contribution >= 4 is 17.2 Å². The zero-order valence-electron chi connectivity index (χ0n) is 9.63. The molecule has 5 heteroatoms. The van der Waals surface area contributed by atoms with Gasteiger partial charge in [0, 0.05) is 6.20 Å². The minimum Gasteiger partial charge on any atom is -0.486 e. The minimum absolute atomic E-state index is 0.380. The molecule has 0 fully saturated rings. The molecule has 1 aromatic heterocycles. The largest absolute Gasteiger partial charge is 0.486 e. The van der Waals surface area contributed by atoms with Crippen molar-refractivity contribution in [3.63, 3.8) is 0 Å². The average Bonchev–Trinajstić information content (AvgIpc) is 2.46. The molecule has 2 heterocycles. The SMILES string of the molecule is c1ccc(OCC2=Nc3cnccc3NN2)cc1. The van der Waals surface area contributed by atoms with E-state index in [1.807, 2.05) is 36.4 Å². The first-order valence-corrected chi connectivity index (χ1v) is 5.63. The molecule has 2 N–H and O–H groups in total. The summed E-state index contributed by atoms with van der Waals surface area (Å²) in [5, 5.41) is 0. The molecule has 0 aliphatic carbocycles. The number of benzene rings is 1. The number of hydrogen-bond donors (Lipinski definition) is 2. The van der Waals surface area contributed by atoms with Crippen LogP contribution in [-0.2, 0) is 0 Å². The standard InChI is InChI=1S/C13H12N4O/c1-2-4-10(5-3-1)18-9-13-15-12-8-14-7-6-11(12)16-17-13/h1-8,16H,9H2,(H,15,17). The highest BCUT2D eigenvalue weighted by Crippen LogP contribution is 2.24. The highest BCUT2D eigenvalue weighted by atomic mass is 16.5. The van der Waals surface area contributed by atoms with E-state index in [1.54, 1.807) is 12.4 Å². The molecule has 0 unspecified atom stereocenters. The monoisotopic (exact) mass is 240 g/mol. The second kappa shape index (κ2) is 4.75. The van der Waals surface area contributed by atoms with E-state index in [1.165, 1.54) is 0 Å². The summed E-state index contributed by atoms with van der Waals surface area (Å²) in [7, 11) is 0. The Morgan fingerprint density at radius 2 is 1.94 bits per heavy atom. The lowest BCUT2D eigenvalue weighted by Crippen LogP contribution is -2.36. The molecule has 3 rings (SSSR count). The number of fused-ring (bicyclic) bond motifs is 1. The molecule has 0 saturated heterocycles. The van der Waals surface area contributed by atoms with Crippen LogP contribution in [0.3, 0.4) is 0 Å². The molecule has 0 bridgehead atoms. The van der Waals surface area contributed by atoms with E-state index in [0.29, 0.717) is 6.61 Å². The van der Waals surface area contributed by atoms with Crippen molar-refractivity contribution in [1.82, 2.24) is 10.4 Å². The van der Waals surface area contributed by atoms with E-state index in [0.717, 1.165) is 23.0 Å². The number of nitrogens with zero attached hydrogens (tertiary/aromatic N) is 2. The molecule has 90 valence electrons. The lowest BCUT2D eigenvalue weighted by atomic mass is 10.3. The molecule has 5 nitrogen and oxygen atoms in total. The molecule has 1 aliphatic heterocycles. The molecule has 1 aromatic carbocycles. The maximum absolute atomic E-state index is 5.61. The van der Waals surface area contributed by atoms with Gasteiger partial charge in [-0.2, -0.15) is 0 Å². The first-order chi connectivity index (χ1) is 8.92. The average molecular weight is 240 g/mol. The summed E-state index contributed by atoms with van der Waals surface area (Å²) in [6, 6.07) is 11.5. The summed E-state index contributed by atoms with van der Waals surface area (Å²) in [5.41, 5.74) is 7.76. The fourth-order valence-corrected chi connectivity index (χ4v) is 1.63. The third-order valence-corrected chi connectivity index (χ3v) is 2.52. The third-order valence-electron chi connectivity index (χ3n) is 2.52. The van der Waals surface area contributed by atoms with Gasteiger partial charge in [0.05, 0.1) is 11.9 Å². The van der Waals surface area contributed by atoms with Gasteiger partial charge in [-0.1, -0.05) is 18.2 Å². The van der Waals surface area contributed by atoms with Crippen LogP contribution in [0.15, 0.2) is 53.8 Å². The van der Waals surface area contributed by atoms with Crippen LogP contribution in [-0.4, -0.2) is 17.4 Å². The smallest absolute Gasteiger partial charge is 0.159 e. The number of anilines is 1. The minimum atomic E-state index is 0.380. The Hall–Kier alpha value is -2.56. The van der Waals surface area contributed by atoms with Crippen molar-refractivity contribution in [2.24, 2.45) is 4.99 Å². The van der Waals surface area contributed by atoms with E-state index >= 15 is 0 Å². The van der Waals surface area contributed by atoms with Gasteiger partial charge in [0.15, 0.2) is 5.84 Å². The van der Waals surface area contributed by atoms with Crippen LogP contribution in [0.2, 0.25) is 0 Å². The number of ether oxygens (including phenoxy) is 1. The summed E-state index contributed by atoms with van der Waals surface area (Å²) < 4.78 is 5.61. The Labute approximate surface area is 105 Å². The zero-order valence-corrected chi connectivity index (χ0v) is 9.63. The fourth-order valence-electron chi connectivity index (χ4n) is 1.63. The fraction of sp³-hybridized carbons (Fsp3) is 0.0769. The summed E-state index contributed by atoms with van der Waals surface area (Å²) >= 11 is 0. The molecular formula is C13H12N4O. The highest BCUT2D eigenvalue weighted by molar-refractivity contribution is 5.91. The van der Waals surface area contributed by atoms with E-state index < -0.39 is 0 Å². The van der Waals surface area contributed by atoms with Gasteiger partial charge in [0.25, 0.3) is 0 Å². The van der Waals surface area contributed by atoms with Crippen molar-refractivity contribution in [2.75, 3.05) is 12.0 Å². The number of aliphatic imine (C=N–C) groups is 1. The Morgan fingerprint density at radius 3 is 2.83 bits per heavy atom. The van der Waals surface area contributed by atoms with Crippen molar-refractivity contribution in [3.05, 3.63) is 48.8 Å². The second-order valence-corrected chi connectivity index (χ2v) is 3.80. The predicted molar refractivity (Wildman–Crippen MR) is 70.0 cm³/mol. The summed E-state index contributed by atoms with van der Waals surface area (Å²) in [4.78, 5) is 8.45. The van der Waals surface area contributed by atoms with Crippen LogP contribution in [0.5, 0.6) is 5.75 Å². The van der Waals surface area contributed by atoms with Crippen LogP contribution < -0.4 is 15.6 Å². The molecule has 0 atom stereocenters. The summed E-state index contributed by atoms with van der Waals surface area (Å²) in [5.74, 6) is 1.54. The number of pyridine rings is 1. The molecule has 0 amide bonds. The van der Waals surface area contributed by atoms with Crippen LogP contribution >= 0.6 is 0 Å². The van der Waals surface area contributed by atoms with Crippen LogP contribution in [0.4, 0.5) is 11.4 Å². The number of amidine groups is 1. The topological polar surface area (TPSA) is 58.5 Å². The van der Waals surface area contributed by atoms with Crippen molar-refractivity contribution in [3.8, 4) is 5.75 Å². The lowest BCUT2D eigenvalue weighted by molar-refractivity contribution is 0.373. The van der Waals surface area contributed by atoms with E-state index in [9.17, 15) is 0 Å². The molecule has 0 spiro atoms. The number of hydrazine groups is 1. The quantitative estimate of drug-likeness (QED) is 0.862. The molecule has 0 saturated carbocycles. The van der Waals surface area contributed by atoms with Crippen LogP contribution in [0, 0.1) is 0 Å². The number of para-hydroxylation sites is 1. The van der Waals surface area contributed by atoms with Gasteiger partial charge in [-0.3, -0.25) is 15.8 Å². The normalized spacial score (nSPS) is 12.8. The van der Waals surface area contributed by atoms with Crippen molar-refractivity contribution in [1.29, 1.82) is 0 Å². The van der Waals surface area contributed by atoms with Gasteiger partial charge in [-0.15, -0.1) is 0 Å². The van der Waals surface area contributed by atoms with E-state index in [-0.39, 0.29) is 0 Å². The Kier molecular flexibility index (Phi) is 2.79. The Bertz CT molecular complexity index is 568. The number of nitrogens with one attached hydrogen (secondary N) is 2. The van der Waals surface area contributed by atoms with E-state index in [2.05, 4.69) is 20.8 Å². The predicted octanol–water partition coefficient (Wildman–Crippen LogP) is 2.12.